The molecule has 108 valence electrons. The lowest BCUT2D eigenvalue weighted by Gasteiger charge is -2.42. The van der Waals surface area contributed by atoms with Crippen molar-refractivity contribution in [1.29, 1.82) is 0 Å². The zero-order valence-corrected chi connectivity index (χ0v) is 12.4. The van der Waals surface area contributed by atoms with Gasteiger partial charge >= 0.3 is 0 Å². The molecule has 0 aromatic heterocycles. The molecule has 1 aliphatic carbocycles. The number of hydrogen-bond donors (Lipinski definition) is 1. The summed E-state index contributed by atoms with van der Waals surface area (Å²) >= 11 is 0. The van der Waals surface area contributed by atoms with Gasteiger partial charge in [-0.05, 0) is 38.5 Å². The van der Waals surface area contributed by atoms with Gasteiger partial charge in [0.15, 0.2) is 0 Å². The highest BCUT2D eigenvalue weighted by atomic mass is 16.2. The summed E-state index contributed by atoms with van der Waals surface area (Å²) in [5.74, 6) is 0.801. The molecule has 19 heavy (non-hydrogen) atoms. The van der Waals surface area contributed by atoms with Crippen molar-refractivity contribution in [2.24, 2.45) is 5.92 Å². The Morgan fingerprint density at radius 3 is 2.37 bits per heavy atom. The highest BCUT2D eigenvalue weighted by molar-refractivity contribution is 5.98. The van der Waals surface area contributed by atoms with E-state index in [1.165, 1.54) is 0 Å². The second-order valence-electron chi connectivity index (χ2n) is 6.59. The fourth-order valence-electron chi connectivity index (χ4n) is 3.27. The van der Waals surface area contributed by atoms with Crippen LogP contribution in [0.2, 0.25) is 0 Å². The van der Waals surface area contributed by atoms with Crippen LogP contribution in [0.15, 0.2) is 0 Å². The van der Waals surface area contributed by atoms with Gasteiger partial charge in [0.25, 0.3) is 0 Å². The molecular weight excluding hydrogens is 240 g/mol. The Labute approximate surface area is 115 Å². The van der Waals surface area contributed by atoms with Gasteiger partial charge in [0.1, 0.15) is 5.54 Å². The van der Waals surface area contributed by atoms with Gasteiger partial charge in [0.2, 0.25) is 11.8 Å². The maximum atomic E-state index is 12.7. The van der Waals surface area contributed by atoms with E-state index in [0.717, 1.165) is 38.5 Å². The Hall–Kier alpha value is -1.06. The molecule has 2 amide bonds. The van der Waals surface area contributed by atoms with Crippen molar-refractivity contribution in [1.82, 2.24) is 10.2 Å². The zero-order valence-electron chi connectivity index (χ0n) is 12.4. The van der Waals surface area contributed by atoms with Gasteiger partial charge in [-0.2, -0.15) is 0 Å². The largest absolute Gasteiger partial charge is 0.340 e. The number of amides is 2. The maximum absolute atomic E-state index is 12.7. The lowest BCUT2D eigenvalue weighted by Crippen LogP contribution is -2.67. The van der Waals surface area contributed by atoms with E-state index in [1.54, 1.807) is 0 Å². The number of nitrogens with one attached hydrogen (secondary N) is 1. The summed E-state index contributed by atoms with van der Waals surface area (Å²) in [5.41, 5.74) is -0.568. The van der Waals surface area contributed by atoms with Gasteiger partial charge in [-0.25, -0.2) is 0 Å². The Kier molecular flexibility index (Phi) is 4.16. The third-order valence-corrected chi connectivity index (χ3v) is 4.51. The van der Waals surface area contributed by atoms with E-state index in [4.69, 9.17) is 0 Å². The molecule has 1 aliphatic heterocycles. The number of nitrogens with zero attached hydrogens (tertiary/aromatic N) is 1. The van der Waals surface area contributed by atoms with Crippen molar-refractivity contribution in [2.75, 3.05) is 6.54 Å². The first-order valence-electron chi connectivity index (χ1n) is 7.57. The molecule has 0 aromatic rings. The van der Waals surface area contributed by atoms with Gasteiger partial charge in [0, 0.05) is 6.04 Å². The average Bonchev–Trinajstić information content (AvgIpc) is 2.80. The third kappa shape index (κ3) is 2.93. The molecule has 0 bridgehead atoms. The van der Waals surface area contributed by atoms with Crippen LogP contribution in [0.25, 0.3) is 0 Å². The molecule has 1 saturated heterocycles. The van der Waals surface area contributed by atoms with Gasteiger partial charge < -0.3 is 10.2 Å². The maximum Gasteiger partial charge on any atom is 0.249 e. The standard InChI is InChI=1S/C15H26N2O2/c1-11(2)6-7-12(3)17-10-13(18)16-15(14(17)19)8-4-5-9-15/h11-12H,4-10H2,1-3H3,(H,16,18). The van der Waals surface area contributed by atoms with Gasteiger partial charge in [0.05, 0.1) is 6.54 Å². The smallest absolute Gasteiger partial charge is 0.249 e. The molecule has 1 atom stereocenters. The van der Waals surface area contributed by atoms with E-state index in [0.29, 0.717) is 5.92 Å². The van der Waals surface area contributed by atoms with Gasteiger partial charge in [-0.3, -0.25) is 9.59 Å². The van der Waals surface area contributed by atoms with Crippen LogP contribution in [0.1, 0.15) is 59.3 Å². The third-order valence-electron chi connectivity index (χ3n) is 4.51. The first-order valence-corrected chi connectivity index (χ1v) is 7.57. The average molecular weight is 266 g/mol. The summed E-state index contributed by atoms with van der Waals surface area (Å²) in [6.45, 7) is 6.69. The van der Waals surface area contributed by atoms with Crippen LogP contribution in [-0.2, 0) is 9.59 Å². The van der Waals surface area contributed by atoms with Crippen LogP contribution in [-0.4, -0.2) is 34.8 Å². The monoisotopic (exact) mass is 266 g/mol. The fraction of sp³-hybridized carbons (Fsp3) is 0.867. The van der Waals surface area contributed by atoms with Crippen LogP contribution < -0.4 is 5.32 Å². The predicted octanol–water partition coefficient (Wildman–Crippen LogP) is 2.08. The van der Waals surface area contributed by atoms with Crippen LogP contribution in [0, 0.1) is 5.92 Å². The highest BCUT2D eigenvalue weighted by Gasteiger charge is 2.49. The van der Waals surface area contributed by atoms with Crippen molar-refractivity contribution in [3.8, 4) is 0 Å². The van der Waals surface area contributed by atoms with Crippen molar-refractivity contribution in [3.63, 3.8) is 0 Å². The first kappa shape index (κ1) is 14.4. The number of carbonyl (C=O) groups is 2. The Morgan fingerprint density at radius 1 is 1.16 bits per heavy atom. The molecular formula is C15H26N2O2. The molecule has 1 spiro atoms. The van der Waals surface area contributed by atoms with E-state index >= 15 is 0 Å². The molecule has 0 aromatic carbocycles. The molecule has 1 unspecified atom stereocenters. The first-order chi connectivity index (χ1) is 8.94. The SMILES string of the molecule is CC(C)CCC(C)N1CC(=O)NC2(CCCC2)C1=O. The van der Waals surface area contributed by atoms with Crippen LogP contribution in [0.3, 0.4) is 0 Å². The van der Waals surface area contributed by atoms with Crippen LogP contribution in [0.5, 0.6) is 0 Å². The summed E-state index contributed by atoms with van der Waals surface area (Å²) in [6, 6.07) is 0.165. The number of carbonyl (C=O) groups excluding carboxylic acids is 2. The molecule has 0 radical (unpaired) electrons. The van der Waals surface area contributed by atoms with Crippen molar-refractivity contribution >= 4 is 11.8 Å². The minimum Gasteiger partial charge on any atom is -0.340 e. The number of piperazine rings is 1. The van der Waals surface area contributed by atoms with Crippen molar-refractivity contribution in [2.45, 2.75) is 70.9 Å². The quantitative estimate of drug-likeness (QED) is 0.847. The molecule has 2 fully saturated rings. The van der Waals surface area contributed by atoms with E-state index in [1.807, 2.05) is 4.90 Å². The van der Waals surface area contributed by atoms with E-state index in [9.17, 15) is 9.59 Å². The second-order valence-corrected chi connectivity index (χ2v) is 6.59. The minimum absolute atomic E-state index is 0.0119. The lowest BCUT2D eigenvalue weighted by molar-refractivity contribution is -0.152. The topological polar surface area (TPSA) is 49.4 Å². The van der Waals surface area contributed by atoms with E-state index in [-0.39, 0.29) is 24.4 Å². The van der Waals surface area contributed by atoms with Gasteiger partial charge in [-0.15, -0.1) is 0 Å². The molecule has 1 heterocycles. The van der Waals surface area contributed by atoms with E-state index < -0.39 is 5.54 Å². The summed E-state index contributed by atoms with van der Waals surface area (Å²) in [4.78, 5) is 26.4. The summed E-state index contributed by atoms with van der Waals surface area (Å²) in [5, 5.41) is 2.96. The zero-order chi connectivity index (χ0) is 14.0. The van der Waals surface area contributed by atoms with Gasteiger partial charge in [-0.1, -0.05) is 26.7 Å². The van der Waals surface area contributed by atoms with E-state index in [2.05, 4.69) is 26.1 Å². The molecule has 4 nitrogen and oxygen atoms in total. The lowest BCUT2D eigenvalue weighted by atomic mass is 9.91. The molecule has 1 saturated carbocycles. The molecule has 2 rings (SSSR count). The van der Waals surface area contributed by atoms with Crippen molar-refractivity contribution in [3.05, 3.63) is 0 Å². The fourth-order valence-corrected chi connectivity index (χ4v) is 3.27. The number of hydrogen-bond acceptors (Lipinski definition) is 2. The van der Waals surface area contributed by atoms with Crippen LogP contribution in [0.4, 0.5) is 0 Å². The second kappa shape index (κ2) is 5.51. The summed E-state index contributed by atoms with van der Waals surface area (Å²) in [6.07, 6.45) is 5.78. The number of rotatable bonds is 4. The van der Waals surface area contributed by atoms with Crippen LogP contribution >= 0.6 is 0 Å². The summed E-state index contributed by atoms with van der Waals surface area (Å²) < 4.78 is 0. The Balaban J connectivity index is 2.07. The normalized spacial score (nSPS) is 24.1. The minimum atomic E-state index is -0.568. The Morgan fingerprint density at radius 2 is 1.79 bits per heavy atom. The molecule has 2 aliphatic rings. The highest BCUT2D eigenvalue weighted by Crippen LogP contribution is 2.34. The Bertz CT molecular complexity index is 359. The molecule has 1 N–H and O–H groups in total. The van der Waals surface area contributed by atoms with Crippen molar-refractivity contribution < 1.29 is 9.59 Å². The predicted molar refractivity (Wildman–Crippen MR) is 74.6 cm³/mol. The molecule has 4 heteroatoms. The summed E-state index contributed by atoms with van der Waals surface area (Å²) in [7, 11) is 0.